The number of nitrogens with one attached hydrogen (secondary N) is 2. The van der Waals surface area contributed by atoms with E-state index in [0.717, 1.165) is 51.8 Å². The lowest BCUT2D eigenvalue weighted by atomic mass is 10.0. The number of likely N-dealkylation sites (tertiary alicyclic amines) is 1. The van der Waals surface area contributed by atoms with E-state index in [1.807, 2.05) is 50.2 Å². The van der Waals surface area contributed by atoms with Gasteiger partial charge in [-0.15, -0.1) is 0 Å². The summed E-state index contributed by atoms with van der Waals surface area (Å²) in [7, 11) is 1.28. The van der Waals surface area contributed by atoms with Crippen LogP contribution >= 0.6 is 11.6 Å². The van der Waals surface area contributed by atoms with E-state index in [2.05, 4.69) is 25.9 Å². The van der Waals surface area contributed by atoms with Crippen molar-refractivity contribution in [3.05, 3.63) is 95.2 Å². The molecule has 9 nitrogen and oxygen atoms in total. The van der Waals surface area contributed by atoms with Crippen molar-refractivity contribution in [2.75, 3.05) is 13.7 Å². The molecule has 2 N–H and O–H groups in total. The molecule has 3 aromatic carbocycles. The van der Waals surface area contributed by atoms with Gasteiger partial charge in [0.05, 0.1) is 36.3 Å². The fourth-order valence-electron chi connectivity index (χ4n) is 6.53. The van der Waals surface area contributed by atoms with E-state index in [4.69, 9.17) is 21.1 Å². The summed E-state index contributed by atoms with van der Waals surface area (Å²) in [5.41, 5.74) is 5.29. The Morgan fingerprint density at radius 3 is 2.67 bits per heavy atom. The maximum atomic E-state index is 13.9. The van der Waals surface area contributed by atoms with Crippen LogP contribution in [-0.4, -0.2) is 51.1 Å². The Labute approximate surface area is 270 Å². The van der Waals surface area contributed by atoms with Gasteiger partial charge in [-0.25, -0.2) is 14.2 Å². The summed E-state index contributed by atoms with van der Waals surface area (Å²) in [6.07, 6.45) is 2.18. The minimum absolute atomic E-state index is 0.120. The summed E-state index contributed by atoms with van der Waals surface area (Å²) < 4.78 is 27.4. The van der Waals surface area contributed by atoms with Crippen LogP contribution in [0.2, 0.25) is 5.02 Å². The van der Waals surface area contributed by atoms with Gasteiger partial charge >= 0.3 is 6.09 Å². The van der Waals surface area contributed by atoms with Crippen LogP contribution in [-0.2, 0) is 9.53 Å². The fraction of sp³-hybridized carbons (Fsp3) is 0.286. The number of ether oxygens (including phenoxy) is 2. The minimum Gasteiger partial charge on any atom is -0.465 e. The van der Waals surface area contributed by atoms with Crippen molar-refractivity contribution < 1.29 is 23.5 Å². The van der Waals surface area contributed by atoms with Gasteiger partial charge < -0.3 is 29.2 Å². The minimum atomic E-state index is -0.707. The third-order valence-corrected chi connectivity index (χ3v) is 9.07. The van der Waals surface area contributed by atoms with E-state index >= 15 is 0 Å². The second kappa shape index (κ2) is 11.8. The number of H-pyrrole nitrogens is 1. The van der Waals surface area contributed by atoms with Crippen LogP contribution in [0.25, 0.3) is 33.4 Å². The number of rotatable bonds is 6. The Bertz CT molecular complexity index is 1950. The number of benzene rings is 3. The summed E-state index contributed by atoms with van der Waals surface area (Å²) in [6, 6.07) is 19.2. The number of alkyl carbamates (subject to hydrolysis) is 1. The van der Waals surface area contributed by atoms with E-state index in [1.54, 1.807) is 23.2 Å². The second-order valence-electron chi connectivity index (χ2n) is 12.1. The van der Waals surface area contributed by atoms with Gasteiger partial charge in [0.15, 0.2) is 0 Å². The van der Waals surface area contributed by atoms with Crippen LogP contribution in [0.5, 0.6) is 5.75 Å². The molecule has 46 heavy (non-hydrogen) atoms. The predicted octanol–water partition coefficient (Wildman–Crippen LogP) is 7.47. The lowest BCUT2D eigenvalue weighted by Gasteiger charge is -2.30. The average Bonchev–Trinajstić information content (AvgIpc) is 3.81. The lowest BCUT2D eigenvalue weighted by Crippen LogP contribution is -2.51. The zero-order chi connectivity index (χ0) is 32.1. The smallest absolute Gasteiger partial charge is 0.407 e. The molecule has 2 aliphatic rings. The normalized spacial score (nSPS) is 17.8. The first-order valence-corrected chi connectivity index (χ1v) is 15.7. The van der Waals surface area contributed by atoms with Crippen molar-refractivity contribution in [2.45, 2.75) is 45.0 Å². The number of imidazole rings is 1. The Morgan fingerprint density at radius 1 is 1.11 bits per heavy atom. The summed E-state index contributed by atoms with van der Waals surface area (Å²) in [5, 5.41) is 4.31. The standard InChI is InChI=1S/C35H33ClFN5O4/c1-19(2)31(40-35(44)45-3)33(43)41-14-4-5-28(41)32-38-18-26(39-32)21-8-12-25-29-16-22-15-23(36)9-13-27(22)42(29)34(46-30(25)17-21)20-6-10-24(37)11-7-20/h6-13,15-19,28,31,34H,4-5,14H2,1-3H3,(H,38,39)(H,40,44)/t28-,31-,34?/m0/s1. The van der Waals surface area contributed by atoms with Crippen LogP contribution in [0.3, 0.4) is 0 Å². The fourth-order valence-corrected chi connectivity index (χ4v) is 6.71. The molecule has 2 aromatic heterocycles. The number of aromatic nitrogens is 3. The van der Waals surface area contributed by atoms with E-state index in [-0.39, 0.29) is 23.7 Å². The first kappa shape index (κ1) is 29.9. The largest absolute Gasteiger partial charge is 0.465 e. The van der Waals surface area contributed by atoms with E-state index in [0.29, 0.717) is 23.1 Å². The number of halogens is 2. The molecule has 11 heteroatoms. The molecule has 0 bridgehead atoms. The van der Waals surface area contributed by atoms with Crippen molar-refractivity contribution >= 4 is 34.5 Å². The highest BCUT2D eigenvalue weighted by molar-refractivity contribution is 6.31. The van der Waals surface area contributed by atoms with Gasteiger partial charge in [0.25, 0.3) is 0 Å². The second-order valence-corrected chi connectivity index (χ2v) is 12.5. The zero-order valence-corrected chi connectivity index (χ0v) is 26.3. The van der Waals surface area contributed by atoms with Gasteiger partial charge in [-0.05, 0) is 67.3 Å². The maximum absolute atomic E-state index is 13.9. The van der Waals surface area contributed by atoms with Crippen LogP contribution in [0.4, 0.5) is 9.18 Å². The Morgan fingerprint density at radius 2 is 1.91 bits per heavy atom. The molecule has 236 valence electrons. The molecule has 3 atom stereocenters. The number of nitrogens with zero attached hydrogens (tertiary/aromatic N) is 3. The summed E-state index contributed by atoms with van der Waals surface area (Å²) in [5.74, 6) is 0.761. The number of carbonyl (C=O) groups excluding carboxylic acids is 2. The highest BCUT2D eigenvalue weighted by Gasteiger charge is 2.37. The molecule has 7 rings (SSSR count). The highest BCUT2D eigenvalue weighted by Crippen LogP contribution is 2.46. The topological polar surface area (TPSA) is 101 Å². The Kier molecular flexibility index (Phi) is 7.68. The number of fused-ring (bicyclic) bond motifs is 5. The van der Waals surface area contributed by atoms with Gasteiger partial charge in [0.2, 0.25) is 12.1 Å². The van der Waals surface area contributed by atoms with Crippen molar-refractivity contribution in [3.8, 4) is 28.3 Å². The van der Waals surface area contributed by atoms with Crippen LogP contribution < -0.4 is 10.1 Å². The van der Waals surface area contributed by atoms with Crippen molar-refractivity contribution in [2.24, 2.45) is 5.92 Å². The van der Waals surface area contributed by atoms with E-state index in [1.165, 1.54) is 19.2 Å². The van der Waals surface area contributed by atoms with Crippen LogP contribution in [0.15, 0.2) is 72.9 Å². The predicted molar refractivity (Wildman–Crippen MR) is 173 cm³/mol. The lowest BCUT2D eigenvalue weighted by molar-refractivity contribution is -0.135. The molecule has 0 spiro atoms. The van der Waals surface area contributed by atoms with Gasteiger partial charge in [0, 0.05) is 33.6 Å². The molecule has 4 heterocycles. The molecular weight excluding hydrogens is 609 g/mol. The number of hydrogen-bond acceptors (Lipinski definition) is 5. The zero-order valence-electron chi connectivity index (χ0n) is 25.6. The number of amides is 2. The molecule has 1 saturated heterocycles. The molecule has 0 saturated carbocycles. The molecule has 1 fully saturated rings. The number of methoxy groups -OCH3 is 1. The number of carbonyl (C=O) groups is 2. The van der Waals surface area contributed by atoms with Crippen molar-refractivity contribution in [1.82, 2.24) is 24.8 Å². The molecule has 0 aliphatic carbocycles. The third-order valence-electron chi connectivity index (χ3n) is 8.84. The summed E-state index contributed by atoms with van der Waals surface area (Å²) in [4.78, 5) is 35.4. The molecule has 1 unspecified atom stereocenters. The van der Waals surface area contributed by atoms with Crippen LogP contribution in [0.1, 0.15) is 50.3 Å². The van der Waals surface area contributed by atoms with Crippen molar-refractivity contribution in [3.63, 3.8) is 0 Å². The van der Waals surface area contributed by atoms with E-state index < -0.39 is 18.4 Å². The van der Waals surface area contributed by atoms with Crippen molar-refractivity contribution in [1.29, 1.82) is 0 Å². The maximum Gasteiger partial charge on any atom is 0.407 e. The number of hydrogen-bond donors (Lipinski definition) is 2. The molecule has 0 radical (unpaired) electrons. The molecule has 5 aromatic rings. The SMILES string of the molecule is COC(=O)N[C@H](C(=O)N1CCC[C@H]1c1ncc(-c2ccc3c(c2)OC(c2ccc(F)cc2)n2c-3cc3cc(Cl)ccc32)[nH]1)C(C)C. The highest BCUT2D eigenvalue weighted by atomic mass is 35.5. The molecule has 2 amide bonds. The van der Waals surface area contributed by atoms with Gasteiger partial charge in [-0.3, -0.25) is 4.79 Å². The van der Waals surface area contributed by atoms with E-state index in [9.17, 15) is 14.0 Å². The average molecular weight is 642 g/mol. The monoisotopic (exact) mass is 641 g/mol. The Hall–Kier alpha value is -4.83. The van der Waals surface area contributed by atoms with Crippen LogP contribution in [0, 0.1) is 11.7 Å². The van der Waals surface area contributed by atoms with Gasteiger partial charge in [0.1, 0.15) is 23.4 Å². The summed E-state index contributed by atoms with van der Waals surface area (Å²) >= 11 is 6.34. The van der Waals surface area contributed by atoms with Gasteiger partial charge in [-0.2, -0.15) is 0 Å². The first-order chi connectivity index (χ1) is 22.2. The summed E-state index contributed by atoms with van der Waals surface area (Å²) in [6.45, 7) is 4.35. The Balaban J connectivity index is 1.22. The van der Waals surface area contributed by atoms with Gasteiger partial charge in [-0.1, -0.05) is 43.6 Å². The molecular formula is C35H33ClFN5O4. The number of aromatic amines is 1. The third kappa shape index (κ3) is 5.26. The quantitative estimate of drug-likeness (QED) is 0.200. The molecule has 2 aliphatic heterocycles. The first-order valence-electron chi connectivity index (χ1n) is 15.3.